The Kier molecular flexibility index (Phi) is 5.91. The molecule has 106 valence electrons. The zero-order chi connectivity index (χ0) is 13.6. The first-order valence-corrected chi connectivity index (χ1v) is 6.43. The number of hydrogen-bond acceptors (Lipinski definition) is 2. The minimum Gasteiger partial charge on any atom is -0.342 e. The fourth-order valence-electron chi connectivity index (χ4n) is 2.28. The Balaban J connectivity index is 2.31. The molecule has 0 aromatic carbocycles. The molecule has 0 bridgehead atoms. The SMILES string of the molecule is CN(C(=O)CNCC(F)(F)F)C1CCCCCC1. The molecule has 6 heteroatoms. The van der Waals surface area contributed by atoms with Crippen LogP contribution in [0.1, 0.15) is 38.5 Å². The van der Waals surface area contributed by atoms with Crippen molar-refractivity contribution in [3.8, 4) is 0 Å². The van der Waals surface area contributed by atoms with Crippen molar-refractivity contribution in [2.75, 3.05) is 20.1 Å². The Hall–Kier alpha value is -0.780. The summed E-state index contributed by atoms with van der Waals surface area (Å²) < 4.78 is 35.8. The molecular formula is C12H21F3N2O. The van der Waals surface area contributed by atoms with Gasteiger partial charge in [0.15, 0.2) is 0 Å². The van der Waals surface area contributed by atoms with Gasteiger partial charge in [-0.2, -0.15) is 13.2 Å². The molecule has 0 atom stereocenters. The first-order chi connectivity index (χ1) is 8.40. The van der Waals surface area contributed by atoms with Crippen LogP contribution in [0.4, 0.5) is 13.2 Å². The van der Waals surface area contributed by atoms with Gasteiger partial charge >= 0.3 is 6.18 Å². The normalized spacial score (nSPS) is 18.4. The zero-order valence-electron chi connectivity index (χ0n) is 10.7. The third-order valence-corrected chi connectivity index (χ3v) is 3.37. The highest BCUT2D eigenvalue weighted by molar-refractivity contribution is 5.78. The molecule has 1 aliphatic carbocycles. The fourth-order valence-corrected chi connectivity index (χ4v) is 2.28. The Labute approximate surface area is 106 Å². The number of likely N-dealkylation sites (N-methyl/N-ethyl adjacent to an activating group) is 1. The third kappa shape index (κ3) is 5.71. The maximum atomic E-state index is 11.9. The van der Waals surface area contributed by atoms with Gasteiger partial charge in [-0.3, -0.25) is 4.79 Å². The van der Waals surface area contributed by atoms with Crippen LogP contribution in [-0.4, -0.2) is 43.2 Å². The van der Waals surface area contributed by atoms with Crippen LogP contribution in [0.5, 0.6) is 0 Å². The minimum absolute atomic E-state index is 0.188. The van der Waals surface area contributed by atoms with Crippen LogP contribution in [0.25, 0.3) is 0 Å². The van der Waals surface area contributed by atoms with Crippen molar-refractivity contribution < 1.29 is 18.0 Å². The number of rotatable bonds is 4. The van der Waals surface area contributed by atoms with Gasteiger partial charge in [0, 0.05) is 13.1 Å². The van der Waals surface area contributed by atoms with Gasteiger partial charge < -0.3 is 10.2 Å². The van der Waals surface area contributed by atoms with Crippen molar-refractivity contribution in [3.63, 3.8) is 0 Å². The summed E-state index contributed by atoms with van der Waals surface area (Å²) in [5.41, 5.74) is 0. The van der Waals surface area contributed by atoms with E-state index in [1.807, 2.05) is 0 Å². The first-order valence-electron chi connectivity index (χ1n) is 6.43. The second kappa shape index (κ2) is 6.97. The standard InChI is InChI=1S/C12H21F3N2O/c1-17(10-6-4-2-3-5-7-10)11(18)8-16-9-12(13,14)15/h10,16H,2-9H2,1H3. The Morgan fingerprint density at radius 2 is 1.78 bits per heavy atom. The van der Waals surface area contributed by atoms with Crippen LogP contribution >= 0.6 is 0 Å². The second-order valence-electron chi connectivity index (χ2n) is 4.87. The maximum absolute atomic E-state index is 11.9. The Bertz CT molecular complexity index is 261. The second-order valence-corrected chi connectivity index (χ2v) is 4.87. The molecule has 1 saturated carbocycles. The summed E-state index contributed by atoms with van der Waals surface area (Å²) in [5, 5.41) is 2.14. The van der Waals surface area contributed by atoms with Crippen molar-refractivity contribution in [3.05, 3.63) is 0 Å². The lowest BCUT2D eigenvalue weighted by Gasteiger charge is -2.27. The molecule has 0 heterocycles. The fraction of sp³-hybridized carbons (Fsp3) is 0.917. The molecule has 1 amide bonds. The molecule has 18 heavy (non-hydrogen) atoms. The van der Waals surface area contributed by atoms with E-state index in [1.54, 1.807) is 11.9 Å². The van der Waals surface area contributed by atoms with E-state index < -0.39 is 12.7 Å². The van der Waals surface area contributed by atoms with E-state index in [4.69, 9.17) is 0 Å². The van der Waals surface area contributed by atoms with E-state index in [1.165, 1.54) is 12.8 Å². The molecule has 0 spiro atoms. The lowest BCUT2D eigenvalue weighted by Crippen LogP contribution is -2.43. The number of nitrogens with zero attached hydrogens (tertiary/aromatic N) is 1. The van der Waals surface area contributed by atoms with Gasteiger partial charge in [-0.1, -0.05) is 25.7 Å². The van der Waals surface area contributed by atoms with E-state index in [9.17, 15) is 18.0 Å². The number of nitrogens with one attached hydrogen (secondary N) is 1. The molecular weight excluding hydrogens is 245 g/mol. The van der Waals surface area contributed by atoms with Crippen molar-refractivity contribution in [1.29, 1.82) is 0 Å². The number of carbonyl (C=O) groups is 1. The third-order valence-electron chi connectivity index (χ3n) is 3.37. The van der Waals surface area contributed by atoms with Gasteiger partial charge in [-0.25, -0.2) is 0 Å². The predicted molar refractivity (Wildman–Crippen MR) is 63.2 cm³/mol. The van der Waals surface area contributed by atoms with Crippen LogP contribution in [-0.2, 0) is 4.79 Å². The van der Waals surface area contributed by atoms with Crippen LogP contribution in [0, 0.1) is 0 Å². The van der Waals surface area contributed by atoms with Gasteiger partial charge in [-0.15, -0.1) is 0 Å². The summed E-state index contributed by atoms with van der Waals surface area (Å²) >= 11 is 0. The van der Waals surface area contributed by atoms with Crippen LogP contribution in [0.2, 0.25) is 0 Å². The first kappa shape index (κ1) is 15.3. The average Bonchev–Trinajstić information content (AvgIpc) is 2.54. The van der Waals surface area contributed by atoms with Gasteiger partial charge in [0.2, 0.25) is 5.91 Å². The average molecular weight is 266 g/mol. The van der Waals surface area contributed by atoms with E-state index in [2.05, 4.69) is 5.32 Å². The number of hydrogen-bond donors (Lipinski definition) is 1. The van der Waals surface area contributed by atoms with E-state index >= 15 is 0 Å². The molecule has 1 aliphatic rings. The summed E-state index contributed by atoms with van der Waals surface area (Å²) in [6.07, 6.45) is 2.22. The summed E-state index contributed by atoms with van der Waals surface area (Å²) in [4.78, 5) is 13.3. The molecule has 3 nitrogen and oxygen atoms in total. The van der Waals surface area contributed by atoms with E-state index in [0.29, 0.717) is 0 Å². The zero-order valence-corrected chi connectivity index (χ0v) is 10.7. The number of halogens is 3. The highest BCUT2D eigenvalue weighted by Crippen LogP contribution is 2.21. The van der Waals surface area contributed by atoms with E-state index in [0.717, 1.165) is 25.7 Å². The maximum Gasteiger partial charge on any atom is 0.401 e. The molecule has 0 aliphatic heterocycles. The van der Waals surface area contributed by atoms with Crippen LogP contribution in [0.3, 0.4) is 0 Å². The summed E-state index contributed by atoms with van der Waals surface area (Å²) in [7, 11) is 1.69. The smallest absolute Gasteiger partial charge is 0.342 e. The van der Waals surface area contributed by atoms with Gasteiger partial charge in [-0.05, 0) is 12.8 Å². The largest absolute Gasteiger partial charge is 0.401 e. The summed E-state index contributed by atoms with van der Waals surface area (Å²) in [6.45, 7) is -1.36. The quantitative estimate of drug-likeness (QED) is 0.792. The van der Waals surface area contributed by atoms with Crippen molar-refractivity contribution >= 4 is 5.91 Å². The van der Waals surface area contributed by atoms with Crippen LogP contribution in [0.15, 0.2) is 0 Å². The predicted octanol–water partition coefficient (Wildman–Crippen LogP) is 2.32. The number of amides is 1. The van der Waals surface area contributed by atoms with Gasteiger partial charge in [0.25, 0.3) is 0 Å². The Morgan fingerprint density at radius 3 is 2.28 bits per heavy atom. The molecule has 1 N–H and O–H groups in total. The van der Waals surface area contributed by atoms with Crippen molar-refractivity contribution in [2.24, 2.45) is 0 Å². The molecule has 0 unspecified atom stereocenters. The lowest BCUT2D eigenvalue weighted by molar-refractivity contribution is -0.135. The molecule has 0 saturated heterocycles. The summed E-state index contributed by atoms with van der Waals surface area (Å²) in [5.74, 6) is -0.258. The molecule has 0 radical (unpaired) electrons. The molecule has 1 rings (SSSR count). The Morgan fingerprint density at radius 1 is 1.22 bits per heavy atom. The van der Waals surface area contributed by atoms with Gasteiger partial charge in [0.1, 0.15) is 0 Å². The number of carbonyl (C=O) groups excluding carboxylic acids is 1. The lowest BCUT2D eigenvalue weighted by atomic mass is 10.1. The minimum atomic E-state index is -4.26. The van der Waals surface area contributed by atoms with Crippen LogP contribution < -0.4 is 5.32 Å². The van der Waals surface area contributed by atoms with Crippen molar-refractivity contribution in [2.45, 2.75) is 50.7 Å². The van der Waals surface area contributed by atoms with Gasteiger partial charge in [0.05, 0.1) is 13.1 Å². The highest BCUT2D eigenvalue weighted by Gasteiger charge is 2.27. The topological polar surface area (TPSA) is 32.3 Å². The monoisotopic (exact) mass is 266 g/mol. The number of alkyl halides is 3. The summed E-state index contributed by atoms with van der Waals surface area (Å²) in [6, 6.07) is 0.188. The van der Waals surface area contributed by atoms with Crippen molar-refractivity contribution in [1.82, 2.24) is 10.2 Å². The molecule has 1 fully saturated rings. The highest BCUT2D eigenvalue weighted by atomic mass is 19.4. The molecule has 0 aromatic heterocycles. The molecule has 0 aromatic rings. The van der Waals surface area contributed by atoms with E-state index in [-0.39, 0.29) is 18.5 Å².